The molecule has 0 atom stereocenters. The molecule has 2 aromatic rings. The Morgan fingerprint density at radius 1 is 1.41 bits per heavy atom. The quantitative estimate of drug-likeness (QED) is 0.913. The van der Waals surface area contributed by atoms with Crippen LogP contribution in [0.4, 0.5) is 4.39 Å². The Kier molecular flexibility index (Phi) is 3.45. The first-order chi connectivity index (χ1) is 8.10. The highest BCUT2D eigenvalue weighted by Gasteiger charge is 2.07. The Balaban J connectivity index is 2.27. The first-order valence-corrected chi connectivity index (χ1v) is 5.65. The number of aromatic nitrogens is 2. The van der Waals surface area contributed by atoms with E-state index in [1.807, 2.05) is 13.1 Å². The predicted molar refractivity (Wildman–Crippen MR) is 65.4 cm³/mol. The molecule has 1 aromatic heterocycles. The lowest BCUT2D eigenvalue weighted by Crippen LogP contribution is -2.02. The van der Waals surface area contributed by atoms with Gasteiger partial charge in [-0.25, -0.2) is 4.39 Å². The van der Waals surface area contributed by atoms with Gasteiger partial charge in [-0.05, 0) is 25.1 Å². The summed E-state index contributed by atoms with van der Waals surface area (Å²) < 4.78 is 15.2. The molecule has 90 valence electrons. The van der Waals surface area contributed by atoms with Gasteiger partial charge >= 0.3 is 0 Å². The van der Waals surface area contributed by atoms with Crippen LogP contribution in [-0.4, -0.2) is 9.78 Å². The van der Waals surface area contributed by atoms with Crippen LogP contribution < -0.4 is 5.73 Å². The summed E-state index contributed by atoms with van der Waals surface area (Å²) in [6.45, 7) is 2.67. The van der Waals surface area contributed by atoms with E-state index in [4.69, 9.17) is 17.3 Å². The van der Waals surface area contributed by atoms with Gasteiger partial charge in [-0.15, -0.1) is 0 Å². The molecule has 2 N–H and O–H groups in total. The van der Waals surface area contributed by atoms with Gasteiger partial charge in [-0.1, -0.05) is 11.6 Å². The number of hydrogen-bond acceptors (Lipinski definition) is 2. The Morgan fingerprint density at radius 3 is 2.82 bits per heavy atom. The molecule has 2 rings (SSSR count). The fourth-order valence-corrected chi connectivity index (χ4v) is 1.87. The first kappa shape index (κ1) is 12.1. The zero-order valence-corrected chi connectivity index (χ0v) is 10.2. The van der Waals surface area contributed by atoms with Crippen LogP contribution in [0.3, 0.4) is 0 Å². The maximum absolute atomic E-state index is 13.5. The van der Waals surface area contributed by atoms with Crippen LogP contribution in [0.25, 0.3) is 0 Å². The largest absolute Gasteiger partial charge is 0.326 e. The van der Waals surface area contributed by atoms with Gasteiger partial charge in [0, 0.05) is 28.9 Å². The maximum atomic E-state index is 13.5. The molecule has 1 aromatic carbocycles. The average Bonchev–Trinajstić information content (AvgIpc) is 2.64. The van der Waals surface area contributed by atoms with Gasteiger partial charge in [-0.2, -0.15) is 5.10 Å². The van der Waals surface area contributed by atoms with Crippen molar-refractivity contribution in [2.75, 3.05) is 0 Å². The number of benzene rings is 1. The highest BCUT2D eigenvalue weighted by Crippen LogP contribution is 2.16. The molecule has 0 aliphatic heterocycles. The van der Waals surface area contributed by atoms with E-state index in [0.29, 0.717) is 23.7 Å². The summed E-state index contributed by atoms with van der Waals surface area (Å²) in [6, 6.07) is 4.49. The third-order valence-corrected chi connectivity index (χ3v) is 2.84. The molecule has 0 aliphatic rings. The van der Waals surface area contributed by atoms with E-state index in [0.717, 1.165) is 11.3 Å². The van der Waals surface area contributed by atoms with Crippen molar-refractivity contribution in [3.63, 3.8) is 0 Å². The summed E-state index contributed by atoms with van der Waals surface area (Å²) in [7, 11) is 0. The number of nitrogens with zero attached hydrogens (tertiary/aromatic N) is 2. The number of aryl methyl sites for hydroxylation is 1. The van der Waals surface area contributed by atoms with Gasteiger partial charge in [0.1, 0.15) is 5.82 Å². The van der Waals surface area contributed by atoms with Gasteiger partial charge in [0.25, 0.3) is 0 Å². The van der Waals surface area contributed by atoms with E-state index in [2.05, 4.69) is 5.10 Å². The Bertz CT molecular complexity index is 537. The third kappa shape index (κ3) is 2.65. The van der Waals surface area contributed by atoms with Gasteiger partial charge in [0.05, 0.1) is 12.2 Å². The summed E-state index contributed by atoms with van der Waals surface area (Å²) in [5.74, 6) is -0.281. The molecule has 0 fully saturated rings. The van der Waals surface area contributed by atoms with Gasteiger partial charge in [0.2, 0.25) is 0 Å². The van der Waals surface area contributed by atoms with Crippen molar-refractivity contribution in [3.05, 3.63) is 52.1 Å². The molecular formula is C12H13ClFN3. The molecule has 0 unspecified atom stereocenters. The summed E-state index contributed by atoms with van der Waals surface area (Å²) in [6.07, 6.45) is 1.83. The molecule has 17 heavy (non-hydrogen) atoms. The second-order valence-electron chi connectivity index (χ2n) is 3.88. The third-order valence-electron chi connectivity index (χ3n) is 2.61. The highest BCUT2D eigenvalue weighted by molar-refractivity contribution is 6.30. The van der Waals surface area contributed by atoms with Crippen LogP contribution >= 0.6 is 11.6 Å². The standard InChI is InChI=1S/C12H13ClFN3/c1-8-10(5-15)7-17(16-8)6-9-4-11(13)2-3-12(9)14/h2-4,7H,5-6,15H2,1H3. The van der Waals surface area contributed by atoms with Crippen molar-refractivity contribution >= 4 is 11.6 Å². The molecule has 1 heterocycles. The fourth-order valence-electron chi connectivity index (χ4n) is 1.68. The SMILES string of the molecule is Cc1nn(Cc2cc(Cl)ccc2F)cc1CN. The van der Waals surface area contributed by atoms with E-state index >= 15 is 0 Å². The number of hydrogen-bond donors (Lipinski definition) is 1. The van der Waals surface area contributed by atoms with Gasteiger partial charge < -0.3 is 5.73 Å². The van der Waals surface area contributed by atoms with E-state index < -0.39 is 0 Å². The number of rotatable bonds is 3. The van der Waals surface area contributed by atoms with Crippen molar-refractivity contribution < 1.29 is 4.39 Å². The van der Waals surface area contributed by atoms with Crippen LogP contribution in [-0.2, 0) is 13.1 Å². The lowest BCUT2D eigenvalue weighted by atomic mass is 10.2. The van der Waals surface area contributed by atoms with Crippen LogP contribution in [0.1, 0.15) is 16.8 Å². The monoisotopic (exact) mass is 253 g/mol. The summed E-state index contributed by atoms with van der Waals surface area (Å²) in [4.78, 5) is 0. The van der Waals surface area contributed by atoms with Crippen molar-refractivity contribution in [1.82, 2.24) is 9.78 Å². The van der Waals surface area contributed by atoms with Crippen molar-refractivity contribution in [2.24, 2.45) is 5.73 Å². The minimum absolute atomic E-state index is 0.281. The predicted octanol–water partition coefficient (Wildman–Crippen LogP) is 2.49. The lowest BCUT2D eigenvalue weighted by Gasteiger charge is -2.04. The molecule has 0 aliphatic carbocycles. The van der Waals surface area contributed by atoms with Crippen molar-refractivity contribution in [3.8, 4) is 0 Å². The minimum Gasteiger partial charge on any atom is -0.326 e. The summed E-state index contributed by atoms with van der Waals surface area (Å²) >= 11 is 5.83. The van der Waals surface area contributed by atoms with E-state index in [1.54, 1.807) is 10.7 Å². The smallest absolute Gasteiger partial charge is 0.128 e. The lowest BCUT2D eigenvalue weighted by molar-refractivity contribution is 0.584. The van der Waals surface area contributed by atoms with Crippen LogP contribution in [0.5, 0.6) is 0 Å². The second-order valence-corrected chi connectivity index (χ2v) is 4.31. The molecule has 0 saturated heterocycles. The molecule has 0 amide bonds. The van der Waals surface area contributed by atoms with Gasteiger partial charge in [-0.3, -0.25) is 4.68 Å². The van der Waals surface area contributed by atoms with Crippen LogP contribution in [0.15, 0.2) is 24.4 Å². The van der Waals surface area contributed by atoms with Crippen molar-refractivity contribution in [1.29, 1.82) is 0 Å². The molecular weight excluding hydrogens is 241 g/mol. The molecule has 0 saturated carbocycles. The maximum Gasteiger partial charge on any atom is 0.128 e. The molecule has 3 nitrogen and oxygen atoms in total. The summed E-state index contributed by atoms with van der Waals surface area (Å²) in [5.41, 5.74) is 7.92. The normalized spacial score (nSPS) is 10.8. The average molecular weight is 254 g/mol. The minimum atomic E-state index is -0.281. The van der Waals surface area contributed by atoms with E-state index in [9.17, 15) is 4.39 Å². The van der Waals surface area contributed by atoms with Crippen molar-refractivity contribution in [2.45, 2.75) is 20.0 Å². The second kappa shape index (κ2) is 4.85. The highest BCUT2D eigenvalue weighted by atomic mass is 35.5. The number of halogens is 2. The first-order valence-electron chi connectivity index (χ1n) is 5.27. The van der Waals surface area contributed by atoms with Crippen LogP contribution in [0.2, 0.25) is 5.02 Å². The zero-order valence-electron chi connectivity index (χ0n) is 9.45. The fraction of sp³-hybridized carbons (Fsp3) is 0.250. The molecule has 5 heteroatoms. The Morgan fingerprint density at radius 2 is 2.18 bits per heavy atom. The van der Waals surface area contributed by atoms with Gasteiger partial charge in [0.15, 0.2) is 0 Å². The number of nitrogens with two attached hydrogens (primary N) is 1. The summed E-state index contributed by atoms with van der Waals surface area (Å²) in [5, 5.41) is 4.79. The zero-order chi connectivity index (χ0) is 12.4. The molecule has 0 bridgehead atoms. The Hall–Kier alpha value is -1.39. The Labute approximate surface area is 104 Å². The topological polar surface area (TPSA) is 43.8 Å². The van der Waals surface area contributed by atoms with Crippen LogP contribution in [0, 0.1) is 12.7 Å². The molecule has 0 spiro atoms. The molecule has 0 radical (unpaired) electrons. The van der Waals surface area contributed by atoms with E-state index in [-0.39, 0.29) is 5.82 Å². The van der Waals surface area contributed by atoms with E-state index in [1.165, 1.54) is 12.1 Å².